The molecule has 8 heteroatoms. The summed E-state index contributed by atoms with van der Waals surface area (Å²) in [6, 6.07) is 12.9. The van der Waals surface area contributed by atoms with E-state index in [-0.39, 0.29) is 17.7 Å². The first-order chi connectivity index (χ1) is 13.0. The van der Waals surface area contributed by atoms with Gasteiger partial charge in [-0.1, -0.05) is 12.1 Å². The highest BCUT2D eigenvalue weighted by Gasteiger charge is 2.12. The molecule has 0 amide bonds. The Balaban J connectivity index is 1.46. The number of hydrogen-bond donors (Lipinski definition) is 0. The topological polar surface area (TPSA) is 65.5 Å². The third-order valence-electron chi connectivity index (χ3n) is 3.65. The van der Waals surface area contributed by atoms with Gasteiger partial charge in [0.15, 0.2) is 12.4 Å². The molecule has 0 aliphatic carbocycles. The SMILES string of the molecule is O=C(CCc1nc2ccccc2s1)OCC(=O)c1ccc(OC(F)F)cc1. The zero-order valence-corrected chi connectivity index (χ0v) is 14.9. The predicted molar refractivity (Wildman–Crippen MR) is 96.3 cm³/mol. The zero-order valence-electron chi connectivity index (χ0n) is 14.1. The maximum atomic E-state index is 12.1. The molecule has 3 rings (SSSR count). The summed E-state index contributed by atoms with van der Waals surface area (Å²) in [4.78, 5) is 28.3. The minimum atomic E-state index is -2.93. The number of para-hydroxylation sites is 1. The Morgan fingerprint density at radius 1 is 1.07 bits per heavy atom. The number of carbonyl (C=O) groups excluding carboxylic acids is 2. The van der Waals surface area contributed by atoms with E-state index in [0.717, 1.165) is 15.2 Å². The Bertz CT molecular complexity index is 907. The smallest absolute Gasteiger partial charge is 0.387 e. The number of thiazole rings is 1. The van der Waals surface area contributed by atoms with Crippen LogP contribution in [-0.4, -0.2) is 30.0 Å². The number of ketones is 1. The molecule has 0 aliphatic rings. The van der Waals surface area contributed by atoms with Crippen LogP contribution in [0.2, 0.25) is 0 Å². The lowest BCUT2D eigenvalue weighted by atomic mass is 10.1. The molecule has 0 unspecified atom stereocenters. The Hall–Kier alpha value is -2.87. The number of hydrogen-bond acceptors (Lipinski definition) is 6. The van der Waals surface area contributed by atoms with Gasteiger partial charge in [-0.25, -0.2) is 4.98 Å². The minimum Gasteiger partial charge on any atom is -0.457 e. The van der Waals surface area contributed by atoms with Gasteiger partial charge < -0.3 is 9.47 Å². The standard InChI is InChI=1S/C19H15F2NO4S/c20-19(21)26-13-7-5-12(6-8-13)15(23)11-25-18(24)10-9-17-22-14-3-1-2-4-16(14)27-17/h1-8,19H,9-11H2. The fraction of sp³-hybridized carbons (Fsp3) is 0.211. The molecule has 0 atom stereocenters. The summed E-state index contributed by atoms with van der Waals surface area (Å²) in [5, 5.41) is 0.828. The molecule has 0 saturated carbocycles. The maximum absolute atomic E-state index is 12.1. The molecule has 0 saturated heterocycles. The van der Waals surface area contributed by atoms with Gasteiger partial charge in [0.05, 0.1) is 21.6 Å². The maximum Gasteiger partial charge on any atom is 0.387 e. The van der Waals surface area contributed by atoms with Crippen molar-refractivity contribution in [2.24, 2.45) is 0 Å². The largest absolute Gasteiger partial charge is 0.457 e. The van der Waals surface area contributed by atoms with Crippen molar-refractivity contribution >= 4 is 33.3 Å². The zero-order chi connectivity index (χ0) is 19.2. The van der Waals surface area contributed by atoms with Crippen molar-refractivity contribution in [1.82, 2.24) is 4.98 Å². The molecule has 0 N–H and O–H groups in total. The van der Waals surface area contributed by atoms with Gasteiger partial charge in [0.2, 0.25) is 0 Å². The van der Waals surface area contributed by atoms with Crippen molar-refractivity contribution < 1.29 is 27.8 Å². The summed E-state index contributed by atoms with van der Waals surface area (Å²) >= 11 is 1.51. The monoisotopic (exact) mass is 391 g/mol. The molecule has 1 heterocycles. The molecule has 140 valence electrons. The molecule has 0 spiro atoms. The highest BCUT2D eigenvalue weighted by atomic mass is 32.1. The summed E-state index contributed by atoms with van der Waals surface area (Å²) < 4.78 is 34.4. The number of aryl methyl sites for hydroxylation is 1. The summed E-state index contributed by atoms with van der Waals surface area (Å²) in [5.74, 6) is -0.971. The average molecular weight is 391 g/mol. The number of fused-ring (bicyclic) bond motifs is 1. The lowest BCUT2D eigenvalue weighted by Crippen LogP contribution is -2.14. The van der Waals surface area contributed by atoms with Crippen LogP contribution in [0.5, 0.6) is 5.75 Å². The second-order valence-electron chi connectivity index (χ2n) is 5.56. The van der Waals surface area contributed by atoms with E-state index >= 15 is 0 Å². The molecule has 0 bridgehead atoms. The second-order valence-corrected chi connectivity index (χ2v) is 6.68. The van der Waals surface area contributed by atoms with Gasteiger partial charge in [0, 0.05) is 12.0 Å². The molecular weight excluding hydrogens is 376 g/mol. The van der Waals surface area contributed by atoms with Gasteiger partial charge in [-0.05, 0) is 36.4 Å². The number of alkyl halides is 2. The lowest BCUT2D eigenvalue weighted by Gasteiger charge is -2.06. The van der Waals surface area contributed by atoms with Crippen molar-refractivity contribution in [1.29, 1.82) is 0 Å². The number of ether oxygens (including phenoxy) is 2. The Kier molecular flexibility index (Phi) is 6.08. The van der Waals surface area contributed by atoms with Crippen LogP contribution < -0.4 is 4.74 Å². The number of esters is 1. The number of halogens is 2. The normalized spacial score (nSPS) is 10.9. The Morgan fingerprint density at radius 3 is 2.52 bits per heavy atom. The molecule has 0 aliphatic heterocycles. The first-order valence-electron chi connectivity index (χ1n) is 8.09. The van der Waals surface area contributed by atoms with Crippen LogP contribution in [0.25, 0.3) is 10.2 Å². The van der Waals surface area contributed by atoms with Crippen LogP contribution in [0.3, 0.4) is 0 Å². The quantitative estimate of drug-likeness (QED) is 0.424. The molecule has 1 aromatic heterocycles. The fourth-order valence-corrected chi connectivity index (χ4v) is 3.33. The summed E-state index contributed by atoms with van der Waals surface area (Å²) in [5.41, 5.74) is 1.14. The predicted octanol–water partition coefficient (Wildman–Crippen LogP) is 4.26. The molecule has 0 fully saturated rings. The first-order valence-corrected chi connectivity index (χ1v) is 8.91. The van der Waals surface area contributed by atoms with E-state index in [0.29, 0.717) is 6.42 Å². The van der Waals surface area contributed by atoms with E-state index in [9.17, 15) is 18.4 Å². The van der Waals surface area contributed by atoms with Crippen LogP contribution in [0.4, 0.5) is 8.78 Å². The van der Waals surface area contributed by atoms with Crippen LogP contribution >= 0.6 is 11.3 Å². The van der Waals surface area contributed by atoms with Crippen molar-refractivity contribution in [2.45, 2.75) is 19.5 Å². The van der Waals surface area contributed by atoms with Crippen LogP contribution in [0.1, 0.15) is 21.8 Å². The third-order valence-corrected chi connectivity index (χ3v) is 4.74. The molecule has 3 aromatic rings. The molecule has 5 nitrogen and oxygen atoms in total. The Labute approximate surface area is 157 Å². The van der Waals surface area contributed by atoms with Crippen molar-refractivity contribution in [2.75, 3.05) is 6.61 Å². The summed E-state index contributed by atoms with van der Waals surface area (Å²) in [6.07, 6.45) is 0.556. The molecule has 0 radical (unpaired) electrons. The van der Waals surface area contributed by atoms with Crippen molar-refractivity contribution in [3.05, 3.63) is 59.1 Å². The molecule has 27 heavy (non-hydrogen) atoms. The minimum absolute atomic E-state index is 0.0469. The van der Waals surface area contributed by atoms with Crippen LogP contribution in [-0.2, 0) is 16.0 Å². The van der Waals surface area contributed by atoms with Gasteiger partial charge in [-0.2, -0.15) is 8.78 Å². The van der Waals surface area contributed by atoms with Gasteiger partial charge in [-0.3, -0.25) is 9.59 Å². The van der Waals surface area contributed by atoms with Gasteiger partial charge in [-0.15, -0.1) is 11.3 Å². The second kappa shape index (κ2) is 8.68. The number of carbonyl (C=O) groups is 2. The summed E-state index contributed by atoms with van der Waals surface area (Å²) in [6.45, 7) is -3.34. The fourth-order valence-electron chi connectivity index (χ4n) is 2.36. The van der Waals surface area contributed by atoms with Crippen LogP contribution in [0, 0.1) is 0 Å². The lowest BCUT2D eigenvalue weighted by molar-refractivity contribution is -0.142. The summed E-state index contributed by atoms with van der Waals surface area (Å²) in [7, 11) is 0. The number of benzene rings is 2. The number of Topliss-reactive ketones (excluding diaryl/α,β-unsaturated/α-hetero) is 1. The van der Waals surface area contributed by atoms with E-state index in [1.54, 1.807) is 0 Å². The van der Waals surface area contributed by atoms with Crippen LogP contribution in [0.15, 0.2) is 48.5 Å². The number of rotatable bonds is 8. The number of nitrogens with zero attached hydrogens (tertiary/aromatic N) is 1. The van der Waals surface area contributed by atoms with E-state index in [2.05, 4.69) is 9.72 Å². The van der Waals surface area contributed by atoms with E-state index < -0.39 is 25.0 Å². The highest BCUT2D eigenvalue weighted by Crippen LogP contribution is 2.22. The number of aromatic nitrogens is 1. The van der Waals surface area contributed by atoms with Crippen molar-refractivity contribution in [3.63, 3.8) is 0 Å². The molecular formula is C19H15F2NO4S. The Morgan fingerprint density at radius 2 is 1.81 bits per heavy atom. The average Bonchev–Trinajstić information content (AvgIpc) is 3.07. The third kappa shape index (κ3) is 5.30. The van der Waals surface area contributed by atoms with Crippen molar-refractivity contribution in [3.8, 4) is 5.75 Å². The van der Waals surface area contributed by atoms with Gasteiger partial charge >= 0.3 is 12.6 Å². The van der Waals surface area contributed by atoms with E-state index in [1.165, 1.54) is 35.6 Å². The molecule has 2 aromatic carbocycles. The van der Waals surface area contributed by atoms with Gasteiger partial charge in [0.1, 0.15) is 5.75 Å². The van der Waals surface area contributed by atoms with E-state index in [1.807, 2.05) is 24.3 Å². The first kappa shape index (κ1) is 18.9. The van der Waals surface area contributed by atoms with Gasteiger partial charge in [0.25, 0.3) is 0 Å². The highest BCUT2D eigenvalue weighted by molar-refractivity contribution is 7.18. The van der Waals surface area contributed by atoms with E-state index in [4.69, 9.17) is 4.74 Å².